The monoisotopic (exact) mass is 468 g/mol. The first kappa shape index (κ1) is 24.4. The van der Waals surface area contributed by atoms with Crippen molar-refractivity contribution in [2.45, 2.75) is 53.0 Å². The van der Waals surface area contributed by atoms with Crippen molar-refractivity contribution in [3.63, 3.8) is 0 Å². The fourth-order valence-corrected chi connectivity index (χ4v) is 2.89. The SMILES string of the molecule is CCNC(=NCCN(C)C(C)CC)N1CCCC(C(=O)OCC)C1.I. The van der Waals surface area contributed by atoms with Crippen LogP contribution in [0.1, 0.15) is 47.0 Å². The number of likely N-dealkylation sites (tertiary alicyclic amines) is 1. The van der Waals surface area contributed by atoms with Crippen LogP contribution in [-0.2, 0) is 9.53 Å². The van der Waals surface area contributed by atoms with Crippen molar-refractivity contribution >= 4 is 35.9 Å². The lowest BCUT2D eigenvalue weighted by Gasteiger charge is -2.34. The maximum atomic E-state index is 12.0. The zero-order valence-corrected chi connectivity index (χ0v) is 18.9. The Morgan fingerprint density at radius 1 is 1.40 bits per heavy atom. The molecule has 1 aliphatic rings. The molecule has 0 amide bonds. The number of guanidine groups is 1. The first-order chi connectivity index (χ1) is 11.5. The maximum Gasteiger partial charge on any atom is 0.310 e. The highest BCUT2D eigenvalue weighted by Gasteiger charge is 2.28. The Bertz CT molecular complexity index is 407. The number of nitrogens with zero attached hydrogens (tertiary/aromatic N) is 3. The van der Waals surface area contributed by atoms with Crippen LogP contribution in [0.5, 0.6) is 0 Å². The molecule has 0 radical (unpaired) electrons. The zero-order chi connectivity index (χ0) is 17.9. The van der Waals surface area contributed by atoms with Crippen LogP contribution in [0, 0.1) is 5.92 Å². The zero-order valence-electron chi connectivity index (χ0n) is 16.6. The Morgan fingerprint density at radius 2 is 2.12 bits per heavy atom. The second kappa shape index (κ2) is 13.6. The summed E-state index contributed by atoms with van der Waals surface area (Å²) in [6.45, 7) is 13.0. The van der Waals surface area contributed by atoms with Gasteiger partial charge < -0.3 is 19.9 Å². The van der Waals surface area contributed by atoms with Crippen molar-refractivity contribution in [3.05, 3.63) is 0 Å². The Morgan fingerprint density at radius 3 is 2.72 bits per heavy atom. The Balaban J connectivity index is 0.00000576. The van der Waals surface area contributed by atoms with Gasteiger partial charge in [0.25, 0.3) is 0 Å². The van der Waals surface area contributed by atoms with Gasteiger partial charge in [0.15, 0.2) is 5.96 Å². The van der Waals surface area contributed by atoms with Crippen LogP contribution in [0.15, 0.2) is 4.99 Å². The van der Waals surface area contributed by atoms with E-state index in [1.54, 1.807) is 0 Å². The third-order valence-corrected chi connectivity index (χ3v) is 4.73. The molecule has 0 saturated carbocycles. The number of esters is 1. The van der Waals surface area contributed by atoms with E-state index in [0.29, 0.717) is 19.2 Å². The lowest BCUT2D eigenvalue weighted by atomic mass is 9.98. The van der Waals surface area contributed by atoms with Crippen LogP contribution < -0.4 is 5.32 Å². The summed E-state index contributed by atoms with van der Waals surface area (Å²) in [5.41, 5.74) is 0. The van der Waals surface area contributed by atoms with Gasteiger partial charge in [-0.3, -0.25) is 9.79 Å². The number of rotatable bonds is 8. The highest BCUT2D eigenvalue weighted by Crippen LogP contribution is 2.18. The number of carbonyl (C=O) groups excluding carboxylic acids is 1. The number of halogens is 1. The average Bonchev–Trinajstić information content (AvgIpc) is 2.60. The van der Waals surface area contributed by atoms with E-state index in [1.165, 1.54) is 0 Å². The number of aliphatic imine (C=N–C) groups is 1. The molecule has 1 rings (SSSR count). The van der Waals surface area contributed by atoms with Gasteiger partial charge in [-0.15, -0.1) is 24.0 Å². The Hall–Kier alpha value is -0.570. The average molecular weight is 468 g/mol. The van der Waals surface area contributed by atoms with Gasteiger partial charge in [0, 0.05) is 32.2 Å². The predicted octanol–water partition coefficient (Wildman–Crippen LogP) is 2.58. The summed E-state index contributed by atoms with van der Waals surface area (Å²) in [6.07, 6.45) is 3.06. The van der Waals surface area contributed by atoms with E-state index >= 15 is 0 Å². The van der Waals surface area contributed by atoms with E-state index in [-0.39, 0.29) is 35.9 Å². The van der Waals surface area contributed by atoms with E-state index < -0.39 is 0 Å². The summed E-state index contributed by atoms with van der Waals surface area (Å²) >= 11 is 0. The van der Waals surface area contributed by atoms with Gasteiger partial charge in [0.2, 0.25) is 0 Å². The summed E-state index contributed by atoms with van der Waals surface area (Å²) in [5, 5.41) is 3.37. The first-order valence-corrected chi connectivity index (χ1v) is 9.43. The number of hydrogen-bond donors (Lipinski definition) is 1. The van der Waals surface area contributed by atoms with Crippen LogP contribution in [0.4, 0.5) is 0 Å². The van der Waals surface area contributed by atoms with Crippen LogP contribution in [-0.4, -0.2) is 74.1 Å². The predicted molar refractivity (Wildman–Crippen MR) is 115 cm³/mol. The summed E-state index contributed by atoms with van der Waals surface area (Å²) in [4.78, 5) is 21.3. The molecule has 1 aliphatic heterocycles. The van der Waals surface area contributed by atoms with Crippen molar-refractivity contribution in [1.82, 2.24) is 15.1 Å². The maximum absolute atomic E-state index is 12.0. The second-order valence-electron chi connectivity index (χ2n) is 6.51. The van der Waals surface area contributed by atoms with Crippen LogP contribution in [0.25, 0.3) is 0 Å². The van der Waals surface area contributed by atoms with Crippen LogP contribution >= 0.6 is 24.0 Å². The van der Waals surface area contributed by atoms with Gasteiger partial charge >= 0.3 is 5.97 Å². The molecule has 7 heteroatoms. The van der Waals surface area contributed by atoms with Crippen molar-refractivity contribution in [3.8, 4) is 0 Å². The molecule has 0 spiro atoms. The molecule has 2 atom stereocenters. The molecule has 0 bridgehead atoms. The molecule has 2 unspecified atom stereocenters. The van der Waals surface area contributed by atoms with E-state index in [0.717, 1.165) is 51.4 Å². The molecular weight excluding hydrogens is 431 g/mol. The fraction of sp³-hybridized carbons (Fsp3) is 0.889. The fourth-order valence-electron chi connectivity index (χ4n) is 2.89. The third-order valence-electron chi connectivity index (χ3n) is 4.73. The minimum Gasteiger partial charge on any atom is -0.466 e. The van der Waals surface area contributed by atoms with E-state index in [9.17, 15) is 4.79 Å². The smallest absolute Gasteiger partial charge is 0.310 e. The highest BCUT2D eigenvalue weighted by atomic mass is 127. The van der Waals surface area contributed by atoms with Crippen LogP contribution in [0.2, 0.25) is 0 Å². The molecular formula is C18H37IN4O2. The van der Waals surface area contributed by atoms with Crippen LogP contribution in [0.3, 0.4) is 0 Å². The standard InChI is InChI=1S/C18H36N4O2.HI/c1-6-15(4)21(5)13-11-20-18(19-7-2)22-12-9-10-16(14-22)17(23)24-8-3;/h15-16H,6-14H2,1-5H3,(H,19,20);1H. The second-order valence-corrected chi connectivity index (χ2v) is 6.51. The number of nitrogens with one attached hydrogen (secondary N) is 1. The minimum absolute atomic E-state index is 0. The number of piperidine rings is 1. The molecule has 1 heterocycles. The summed E-state index contributed by atoms with van der Waals surface area (Å²) in [5.74, 6) is 0.809. The largest absolute Gasteiger partial charge is 0.466 e. The number of ether oxygens (including phenoxy) is 1. The van der Waals surface area contributed by atoms with Crippen molar-refractivity contribution < 1.29 is 9.53 Å². The van der Waals surface area contributed by atoms with Gasteiger partial charge in [-0.1, -0.05) is 6.92 Å². The van der Waals surface area contributed by atoms with E-state index in [2.05, 4.69) is 42.9 Å². The normalized spacial score (nSPS) is 19.4. The van der Waals surface area contributed by atoms with Gasteiger partial charge in [0.05, 0.1) is 19.1 Å². The summed E-state index contributed by atoms with van der Waals surface area (Å²) in [6, 6.07) is 0.575. The minimum atomic E-state index is -0.0745. The van der Waals surface area contributed by atoms with Gasteiger partial charge in [-0.2, -0.15) is 0 Å². The third kappa shape index (κ3) is 8.57. The molecule has 0 aromatic rings. The summed E-state index contributed by atoms with van der Waals surface area (Å²) < 4.78 is 5.19. The van der Waals surface area contributed by atoms with Gasteiger partial charge in [-0.05, 0) is 47.1 Å². The number of hydrogen-bond acceptors (Lipinski definition) is 4. The lowest BCUT2D eigenvalue weighted by molar-refractivity contribution is -0.149. The van der Waals surface area contributed by atoms with Crippen molar-refractivity contribution in [1.29, 1.82) is 0 Å². The number of likely N-dealkylation sites (N-methyl/N-ethyl adjacent to an activating group) is 1. The molecule has 6 nitrogen and oxygen atoms in total. The molecule has 0 aliphatic carbocycles. The number of carbonyl (C=O) groups is 1. The molecule has 1 saturated heterocycles. The topological polar surface area (TPSA) is 57.2 Å². The quantitative estimate of drug-likeness (QED) is 0.257. The molecule has 25 heavy (non-hydrogen) atoms. The Labute approximate surface area is 170 Å². The molecule has 0 aromatic heterocycles. The lowest BCUT2D eigenvalue weighted by Crippen LogP contribution is -2.48. The highest BCUT2D eigenvalue weighted by molar-refractivity contribution is 14.0. The molecule has 1 fully saturated rings. The van der Waals surface area contributed by atoms with Gasteiger partial charge in [0.1, 0.15) is 0 Å². The molecule has 148 valence electrons. The van der Waals surface area contributed by atoms with E-state index in [1.807, 2.05) is 6.92 Å². The molecule has 1 N–H and O–H groups in total. The Kier molecular flexibility index (Phi) is 13.3. The van der Waals surface area contributed by atoms with Gasteiger partial charge in [-0.25, -0.2) is 0 Å². The molecule has 0 aromatic carbocycles. The van der Waals surface area contributed by atoms with Crippen molar-refractivity contribution in [2.24, 2.45) is 10.9 Å². The van der Waals surface area contributed by atoms with E-state index in [4.69, 9.17) is 9.73 Å². The summed E-state index contributed by atoms with van der Waals surface area (Å²) in [7, 11) is 2.15. The van der Waals surface area contributed by atoms with Crippen molar-refractivity contribution in [2.75, 3.05) is 46.4 Å². The first-order valence-electron chi connectivity index (χ1n) is 9.43.